The summed E-state index contributed by atoms with van der Waals surface area (Å²) in [6, 6.07) is 6.72. The molecule has 0 atom stereocenters. The molecule has 29 heavy (non-hydrogen) atoms. The highest BCUT2D eigenvalue weighted by Crippen LogP contribution is 2.23. The van der Waals surface area contributed by atoms with Gasteiger partial charge in [-0.15, -0.1) is 0 Å². The molecule has 2 aliphatic rings. The molecule has 4 amide bonds. The van der Waals surface area contributed by atoms with Crippen molar-refractivity contribution in [3.63, 3.8) is 0 Å². The van der Waals surface area contributed by atoms with Crippen molar-refractivity contribution in [1.82, 2.24) is 15.1 Å². The second-order valence-corrected chi connectivity index (χ2v) is 9.02. The van der Waals surface area contributed by atoms with Crippen LogP contribution in [0.15, 0.2) is 24.3 Å². The Labute approximate surface area is 171 Å². The van der Waals surface area contributed by atoms with Gasteiger partial charge in [-0.1, -0.05) is 32.9 Å². The summed E-state index contributed by atoms with van der Waals surface area (Å²) in [5.74, 6) is -0.706. The third kappa shape index (κ3) is 5.02. The van der Waals surface area contributed by atoms with Crippen molar-refractivity contribution in [3.8, 4) is 0 Å². The minimum absolute atomic E-state index is 0.0170. The van der Waals surface area contributed by atoms with Crippen LogP contribution in [-0.4, -0.2) is 59.1 Å². The smallest absolute Gasteiger partial charge is 0.261 e. The quantitative estimate of drug-likeness (QED) is 0.769. The van der Waals surface area contributed by atoms with Gasteiger partial charge in [0.2, 0.25) is 11.8 Å². The van der Waals surface area contributed by atoms with Gasteiger partial charge < -0.3 is 10.2 Å². The fourth-order valence-corrected chi connectivity index (χ4v) is 3.79. The van der Waals surface area contributed by atoms with Crippen molar-refractivity contribution in [2.45, 2.75) is 52.5 Å². The highest BCUT2D eigenvalue weighted by molar-refractivity contribution is 6.21. The standard InChI is InChI=1S/C22H29N3O4/c1-22(2,3)14-19(27)24-11-8-15(9-12-24)23-18(26)10-13-25-20(28)16-6-4-5-7-17(16)21(25)29/h4-7,15H,8-14H2,1-3H3,(H,23,26). The molecule has 2 heterocycles. The van der Waals surface area contributed by atoms with Crippen LogP contribution in [0.1, 0.15) is 67.2 Å². The molecule has 7 heteroatoms. The van der Waals surface area contributed by atoms with Crippen molar-refractivity contribution < 1.29 is 19.2 Å². The van der Waals surface area contributed by atoms with Crippen LogP contribution in [0.4, 0.5) is 0 Å². The SMILES string of the molecule is CC(C)(C)CC(=O)N1CCC(NC(=O)CCN2C(=O)c3ccccc3C2=O)CC1. The summed E-state index contributed by atoms with van der Waals surface area (Å²) in [5.41, 5.74) is 0.752. The van der Waals surface area contributed by atoms with Crippen LogP contribution < -0.4 is 5.32 Å². The van der Waals surface area contributed by atoms with E-state index >= 15 is 0 Å². The number of piperidine rings is 1. The van der Waals surface area contributed by atoms with Crippen LogP contribution in [0.3, 0.4) is 0 Å². The number of imide groups is 1. The molecule has 0 spiro atoms. The maximum Gasteiger partial charge on any atom is 0.261 e. The number of carbonyl (C=O) groups excluding carboxylic acids is 4. The van der Waals surface area contributed by atoms with E-state index < -0.39 is 0 Å². The third-order valence-corrected chi connectivity index (χ3v) is 5.33. The predicted octanol–water partition coefficient (Wildman–Crippen LogP) is 2.22. The van der Waals surface area contributed by atoms with Gasteiger partial charge in [-0.25, -0.2) is 0 Å². The molecule has 1 saturated heterocycles. The first-order valence-electron chi connectivity index (χ1n) is 10.2. The molecule has 0 saturated carbocycles. The Balaban J connectivity index is 1.43. The zero-order valence-corrected chi connectivity index (χ0v) is 17.4. The molecule has 2 aliphatic heterocycles. The van der Waals surface area contributed by atoms with Gasteiger partial charge in [0.15, 0.2) is 0 Å². The summed E-state index contributed by atoms with van der Waals surface area (Å²) in [5, 5.41) is 2.98. The number of amides is 4. The Morgan fingerprint density at radius 2 is 1.59 bits per heavy atom. The summed E-state index contributed by atoms with van der Waals surface area (Å²) < 4.78 is 0. The van der Waals surface area contributed by atoms with Gasteiger partial charge in [0.25, 0.3) is 11.8 Å². The molecule has 156 valence electrons. The zero-order chi connectivity index (χ0) is 21.2. The van der Waals surface area contributed by atoms with Crippen LogP contribution in [0.25, 0.3) is 0 Å². The first kappa shape index (κ1) is 21.0. The van der Waals surface area contributed by atoms with Crippen molar-refractivity contribution in [1.29, 1.82) is 0 Å². The Kier molecular flexibility index (Phi) is 6.05. The van der Waals surface area contributed by atoms with Crippen LogP contribution in [0, 0.1) is 5.41 Å². The summed E-state index contributed by atoms with van der Waals surface area (Å²) >= 11 is 0. The fraction of sp³-hybridized carbons (Fsp3) is 0.545. The van der Waals surface area contributed by atoms with Crippen LogP contribution >= 0.6 is 0 Å². The Morgan fingerprint density at radius 3 is 2.10 bits per heavy atom. The summed E-state index contributed by atoms with van der Waals surface area (Å²) in [4.78, 5) is 52.3. The summed E-state index contributed by atoms with van der Waals surface area (Å²) in [6.07, 6.45) is 2.03. The molecule has 0 unspecified atom stereocenters. The molecule has 1 N–H and O–H groups in total. The number of hydrogen-bond acceptors (Lipinski definition) is 4. The topological polar surface area (TPSA) is 86.8 Å². The van der Waals surface area contributed by atoms with Gasteiger partial charge in [-0.3, -0.25) is 24.1 Å². The second-order valence-electron chi connectivity index (χ2n) is 9.02. The number of nitrogens with zero attached hydrogens (tertiary/aromatic N) is 2. The lowest BCUT2D eigenvalue weighted by Gasteiger charge is -2.34. The van der Waals surface area contributed by atoms with Crippen LogP contribution in [0.2, 0.25) is 0 Å². The van der Waals surface area contributed by atoms with Gasteiger partial charge in [-0.2, -0.15) is 0 Å². The molecule has 0 aromatic heterocycles. The number of rotatable bonds is 5. The van der Waals surface area contributed by atoms with E-state index in [-0.39, 0.29) is 48.1 Å². The van der Waals surface area contributed by atoms with E-state index in [1.807, 2.05) is 25.7 Å². The van der Waals surface area contributed by atoms with E-state index in [0.29, 0.717) is 43.5 Å². The van der Waals surface area contributed by atoms with E-state index in [0.717, 1.165) is 4.90 Å². The normalized spacial score (nSPS) is 17.5. The summed E-state index contributed by atoms with van der Waals surface area (Å²) in [7, 11) is 0. The van der Waals surface area contributed by atoms with Crippen molar-refractivity contribution in [2.75, 3.05) is 19.6 Å². The monoisotopic (exact) mass is 399 g/mol. The zero-order valence-electron chi connectivity index (χ0n) is 17.4. The first-order chi connectivity index (χ1) is 13.7. The van der Waals surface area contributed by atoms with E-state index in [4.69, 9.17) is 0 Å². The molecule has 0 bridgehead atoms. The highest BCUT2D eigenvalue weighted by atomic mass is 16.2. The van der Waals surface area contributed by atoms with Gasteiger partial charge in [-0.05, 0) is 30.4 Å². The van der Waals surface area contributed by atoms with Crippen molar-refractivity contribution >= 4 is 23.6 Å². The van der Waals surface area contributed by atoms with E-state index in [1.54, 1.807) is 24.3 Å². The minimum atomic E-state index is -0.343. The molecular weight excluding hydrogens is 370 g/mol. The summed E-state index contributed by atoms with van der Waals surface area (Å²) in [6.45, 7) is 7.49. The van der Waals surface area contributed by atoms with Crippen LogP contribution in [0.5, 0.6) is 0 Å². The average Bonchev–Trinajstić information content (AvgIpc) is 2.90. The maximum absolute atomic E-state index is 12.3. The van der Waals surface area contributed by atoms with Crippen molar-refractivity contribution in [2.24, 2.45) is 5.41 Å². The van der Waals surface area contributed by atoms with E-state index in [9.17, 15) is 19.2 Å². The Morgan fingerprint density at radius 1 is 1.03 bits per heavy atom. The lowest BCUT2D eigenvalue weighted by atomic mass is 9.91. The molecule has 3 rings (SSSR count). The van der Waals surface area contributed by atoms with Gasteiger partial charge in [0, 0.05) is 38.5 Å². The van der Waals surface area contributed by atoms with Crippen LogP contribution in [-0.2, 0) is 9.59 Å². The number of nitrogens with one attached hydrogen (secondary N) is 1. The third-order valence-electron chi connectivity index (χ3n) is 5.33. The number of hydrogen-bond donors (Lipinski definition) is 1. The largest absolute Gasteiger partial charge is 0.353 e. The molecule has 7 nitrogen and oxygen atoms in total. The van der Waals surface area contributed by atoms with E-state index in [2.05, 4.69) is 5.32 Å². The Hall–Kier alpha value is -2.70. The predicted molar refractivity (Wildman–Crippen MR) is 108 cm³/mol. The molecular formula is C22H29N3O4. The second kappa shape index (κ2) is 8.35. The fourth-order valence-electron chi connectivity index (χ4n) is 3.79. The number of likely N-dealkylation sites (tertiary alicyclic amines) is 1. The average molecular weight is 399 g/mol. The maximum atomic E-state index is 12.3. The molecule has 1 aromatic carbocycles. The molecule has 0 radical (unpaired) electrons. The molecule has 0 aliphatic carbocycles. The lowest BCUT2D eigenvalue weighted by Crippen LogP contribution is -2.47. The highest BCUT2D eigenvalue weighted by Gasteiger charge is 2.35. The van der Waals surface area contributed by atoms with E-state index in [1.165, 1.54) is 0 Å². The number of carbonyl (C=O) groups is 4. The molecule has 1 aromatic rings. The van der Waals surface area contributed by atoms with Crippen molar-refractivity contribution in [3.05, 3.63) is 35.4 Å². The van der Waals surface area contributed by atoms with Gasteiger partial charge in [0.05, 0.1) is 11.1 Å². The Bertz CT molecular complexity index is 785. The molecule has 1 fully saturated rings. The number of benzene rings is 1. The van der Waals surface area contributed by atoms with Gasteiger partial charge in [0.1, 0.15) is 0 Å². The van der Waals surface area contributed by atoms with Gasteiger partial charge >= 0.3 is 0 Å². The minimum Gasteiger partial charge on any atom is -0.353 e. The number of fused-ring (bicyclic) bond motifs is 1. The first-order valence-corrected chi connectivity index (χ1v) is 10.2. The lowest BCUT2D eigenvalue weighted by molar-refractivity contribution is -0.134.